The standard InChI is InChI=1S/C49H75N3O15/c1-25-22-47(8,59)43(67-46-40(64-31(7)53)35(52(11)12)20-26(2)62-46)28(4)39(66-37-23-48(9,61-13)42(56)30(6)63-37)29(5)45(58)65-36(49(10,60)41(55)27(3)38(25)54)18-19-50-44(57)33-21-32-16-14-15-17-34(32)51-24-33/h14-17,21,24-30,35-37,39-43,46,55-56,59-60H,18-20,22-23H2,1-13H3,(H,50,57)/t25-,26-,27+,28+,29-,30+,35+,36-,37+,39+,40-,41-,42+,43-,46+,47-,48-,49-/m1/s1. The predicted octanol–water partition coefficient (Wildman–Crippen LogP) is 3.31. The zero-order valence-electron chi connectivity index (χ0n) is 41.3. The maximum Gasteiger partial charge on any atom is 0.311 e. The van der Waals surface area contributed by atoms with Gasteiger partial charge in [0.15, 0.2) is 18.7 Å². The molecule has 2 aromatic rings. The van der Waals surface area contributed by atoms with E-state index in [4.69, 9.17) is 33.2 Å². The summed E-state index contributed by atoms with van der Waals surface area (Å²) in [6, 6.07) is 8.64. The number of methoxy groups -OCH3 is 1. The largest absolute Gasteiger partial charge is 0.459 e. The fourth-order valence-corrected chi connectivity index (χ4v) is 10.2. The number of hydrogen-bond acceptors (Lipinski definition) is 17. The maximum absolute atomic E-state index is 14.8. The first-order valence-electron chi connectivity index (χ1n) is 23.4. The van der Waals surface area contributed by atoms with Crippen LogP contribution in [-0.4, -0.2) is 166 Å². The highest BCUT2D eigenvalue weighted by molar-refractivity contribution is 5.97. The van der Waals surface area contributed by atoms with Crippen LogP contribution in [0, 0.1) is 23.7 Å². The summed E-state index contributed by atoms with van der Waals surface area (Å²) in [7, 11) is 5.14. The molecule has 5 N–H and O–H groups in total. The lowest BCUT2D eigenvalue weighted by molar-refractivity contribution is -0.318. The molecule has 0 radical (unpaired) electrons. The average molecular weight is 946 g/mol. The minimum absolute atomic E-state index is 0.0174. The molecule has 1 amide bonds. The number of ketones is 1. The molecule has 18 atom stereocenters. The van der Waals surface area contributed by atoms with Gasteiger partial charge in [0, 0.05) is 62.8 Å². The number of nitrogens with zero attached hydrogens (tertiary/aromatic N) is 2. The summed E-state index contributed by atoms with van der Waals surface area (Å²) in [5, 5.41) is 51.4. The molecule has 1 aromatic heterocycles. The molecule has 5 rings (SSSR count). The molecule has 3 fully saturated rings. The smallest absolute Gasteiger partial charge is 0.311 e. The highest BCUT2D eigenvalue weighted by Gasteiger charge is 2.54. The van der Waals surface area contributed by atoms with Gasteiger partial charge < -0.3 is 63.8 Å². The van der Waals surface area contributed by atoms with E-state index in [1.807, 2.05) is 50.2 Å². The van der Waals surface area contributed by atoms with Crippen molar-refractivity contribution in [2.24, 2.45) is 23.7 Å². The number of carbonyl (C=O) groups excluding carboxylic acids is 4. The van der Waals surface area contributed by atoms with E-state index in [9.17, 15) is 39.6 Å². The Bertz CT molecular complexity index is 2030. The van der Waals surface area contributed by atoms with E-state index in [1.165, 1.54) is 41.0 Å². The number of nitrogens with one attached hydrogen (secondary N) is 1. The van der Waals surface area contributed by atoms with Crippen LogP contribution in [0.5, 0.6) is 0 Å². The molecule has 0 saturated carbocycles. The Morgan fingerprint density at radius 2 is 1.60 bits per heavy atom. The minimum atomic E-state index is -2.25. The molecule has 0 bridgehead atoms. The number of aliphatic hydroxyl groups is 4. The van der Waals surface area contributed by atoms with Gasteiger partial charge in [0.05, 0.1) is 64.8 Å². The summed E-state index contributed by atoms with van der Waals surface area (Å²) >= 11 is 0. The molecule has 0 unspecified atom stereocenters. The predicted molar refractivity (Wildman–Crippen MR) is 244 cm³/mol. The first-order valence-corrected chi connectivity index (χ1v) is 23.4. The number of rotatable bonds is 11. The Morgan fingerprint density at radius 3 is 2.24 bits per heavy atom. The molecule has 3 aliphatic rings. The first kappa shape index (κ1) is 54.3. The van der Waals surface area contributed by atoms with Gasteiger partial charge in [-0.05, 0) is 80.6 Å². The molecule has 376 valence electrons. The van der Waals surface area contributed by atoms with Gasteiger partial charge in [0.25, 0.3) is 5.91 Å². The van der Waals surface area contributed by atoms with Crippen molar-refractivity contribution in [2.45, 2.75) is 179 Å². The monoisotopic (exact) mass is 946 g/mol. The van der Waals surface area contributed by atoms with Crippen molar-refractivity contribution in [1.29, 1.82) is 0 Å². The number of cyclic esters (lactones) is 1. The molecule has 4 heterocycles. The van der Waals surface area contributed by atoms with Gasteiger partial charge in [0.1, 0.15) is 23.6 Å². The SMILES string of the molecule is CO[C@]1(C)C[C@H](O[C@H]2[C@H](C)[C@@H](O[C@@H]3O[C@H](C)C[C@H](N(C)C)[C@H]3OC(C)=O)[C@](C)(O)C[C@@H](C)C(=O)[C@H](C)[C@@H](O)[C@](C)(O)[C@@H](CCNC(=O)c3cnc4ccccc4c3)OC(=O)[C@@H]2C)O[C@@H](C)[C@@H]1O. The second-order valence-corrected chi connectivity index (χ2v) is 20.1. The summed E-state index contributed by atoms with van der Waals surface area (Å²) in [4.78, 5) is 61.3. The number of aromatic nitrogens is 1. The summed E-state index contributed by atoms with van der Waals surface area (Å²) in [5.74, 6) is -6.84. The number of fused-ring (bicyclic) bond motifs is 1. The van der Waals surface area contributed by atoms with Crippen molar-refractivity contribution >= 4 is 34.5 Å². The molecule has 3 aliphatic heterocycles. The first-order chi connectivity index (χ1) is 31.2. The van der Waals surface area contributed by atoms with Crippen molar-refractivity contribution in [3.8, 4) is 0 Å². The molecule has 1 aromatic carbocycles. The van der Waals surface area contributed by atoms with Crippen LogP contribution in [0.4, 0.5) is 0 Å². The second kappa shape index (κ2) is 21.9. The van der Waals surface area contributed by atoms with Crippen LogP contribution >= 0.6 is 0 Å². The Kier molecular flexibility index (Phi) is 17.8. The van der Waals surface area contributed by atoms with Gasteiger partial charge in [0.2, 0.25) is 0 Å². The minimum Gasteiger partial charge on any atom is -0.459 e. The van der Waals surface area contributed by atoms with E-state index in [-0.39, 0.29) is 43.5 Å². The lowest BCUT2D eigenvalue weighted by atomic mass is 9.74. The van der Waals surface area contributed by atoms with E-state index in [0.29, 0.717) is 11.9 Å². The molecule has 0 spiro atoms. The van der Waals surface area contributed by atoms with Crippen molar-refractivity contribution in [3.05, 3.63) is 42.1 Å². The van der Waals surface area contributed by atoms with Crippen LogP contribution < -0.4 is 5.32 Å². The van der Waals surface area contributed by atoms with Gasteiger partial charge in [-0.15, -0.1) is 0 Å². The number of ether oxygens (including phenoxy) is 7. The van der Waals surface area contributed by atoms with Gasteiger partial charge in [-0.1, -0.05) is 39.0 Å². The van der Waals surface area contributed by atoms with Gasteiger partial charge in [-0.2, -0.15) is 0 Å². The number of likely N-dealkylation sites (N-methyl/N-ethyl adjacent to an activating group) is 1. The second-order valence-electron chi connectivity index (χ2n) is 20.1. The van der Waals surface area contributed by atoms with Crippen LogP contribution in [0.3, 0.4) is 0 Å². The number of hydrogen-bond donors (Lipinski definition) is 5. The van der Waals surface area contributed by atoms with Crippen molar-refractivity contribution in [1.82, 2.24) is 15.2 Å². The third-order valence-corrected chi connectivity index (χ3v) is 14.3. The molecule has 18 heteroatoms. The lowest BCUT2D eigenvalue weighted by Gasteiger charge is -2.49. The summed E-state index contributed by atoms with van der Waals surface area (Å²) in [5.41, 5.74) is -4.31. The highest BCUT2D eigenvalue weighted by atomic mass is 16.7. The lowest BCUT2D eigenvalue weighted by Crippen LogP contribution is -2.61. The number of para-hydroxylation sites is 1. The molecule has 18 nitrogen and oxygen atoms in total. The number of carbonyl (C=O) groups is 4. The number of aliphatic hydroxyl groups excluding tert-OH is 2. The van der Waals surface area contributed by atoms with Gasteiger partial charge in [-0.25, -0.2) is 0 Å². The Morgan fingerprint density at radius 1 is 0.925 bits per heavy atom. The fourth-order valence-electron chi connectivity index (χ4n) is 10.2. The number of benzene rings is 1. The molecular formula is C49H75N3O15. The summed E-state index contributed by atoms with van der Waals surface area (Å²) in [6.45, 7) is 15.4. The fraction of sp³-hybridized carbons (Fsp3) is 0.735. The number of esters is 2. The maximum atomic E-state index is 14.8. The molecular weight excluding hydrogens is 871 g/mol. The van der Waals surface area contributed by atoms with E-state index < -0.39 is 119 Å². The third kappa shape index (κ3) is 12.4. The number of Topliss-reactive ketones (excluding diaryl/α,β-unsaturated/α-hetero) is 1. The van der Waals surface area contributed by atoms with Crippen LogP contribution in [0.2, 0.25) is 0 Å². The topological polar surface area (TPSA) is 242 Å². The van der Waals surface area contributed by atoms with Crippen LogP contribution in [0.15, 0.2) is 36.5 Å². The number of amides is 1. The van der Waals surface area contributed by atoms with Crippen LogP contribution in [0.1, 0.15) is 105 Å². The highest BCUT2D eigenvalue weighted by Crippen LogP contribution is 2.41. The van der Waals surface area contributed by atoms with Crippen molar-refractivity contribution < 1.29 is 72.8 Å². The zero-order valence-corrected chi connectivity index (χ0v) is 41.3. The van der Waals surface area contributed by atoms with E-state index in [2.05, 4.69) is 10.3 Å². The Balaban J connectivity index is 1.57. The van der Waals surface area contributed by atoms with Crippen LogP contribution in [0.25, 0.3) is 10.9 Å². The molecule has 3 saturated heterocycles. The zero-order chi connectivity index (χ0) is 49.9. The van der Waals surface area contributed by atoms with E-state index in [1.54, 1.807) is 40.7 Å². The molecule has 0 aliphatic carbocycles. The average Bonchev–Trinajstić information content (AvgIpc) is 3.27. The normalized spacial score (nSPS) is 40.5. The van der Waals surface area contributed by atoms with Crippen molar-refractivity contribution in [2.75, 3.05) is 27.7 Å². The summed E-state index contributed by atoms with van der Waals surface area (Å²) in [6.07, 6.45) is -9.83. The quantitative estimate of drug-likeness (QED) is 0.203. The molecule has 67 heavy (non-hydrogen) atoms. The third-order valence-electron chi connectivity index (χ3n) is 14.3. The van der Waals surface area contributed by atoms with Crippen LogP contribution in [-0.2, 0) is 47.5 Å². The summed E-state index contributed by atoms with van der Waals surface area (Å²) < 4.78 is 43.9. The van der Waals surface area contributed by atoms with Gasteiger partial charge >= 0.3 is 11.9 Å². The van der Waals surface area contributed by atoms with E-state index in [0.717, 1.165) is 5.39 Å². The Hall–Kier alpha value is -3.69. The Labute approximate surface area is 394 Å². The van der Waals surface area contributed by atoms with E-state index >= 15 is 0 Å². The number of pyridine rings is 1. The van der Waals surface area contributed by atoms with Gasteiger partial charge in [-0.3, -0.25) is 24.2 Å². The van der Waals surface area contributed by atoms with Crippen molar-refractivity contribution in [3.63, 3.8) is 0 Å².